The van der Waals surface area contributed by atoms with Crippen LogP contribution in [0.3, 0.4) is 0 Å². The molecule has 1 aromatic heterocycles. The van der Waals surface area contributed by atoms with Crippen LogP contribution in [0.5, 0.6) is 5.75 Å². The number of amides is 1. The minimum atomic E-state index is -4.27. The standard InChI is InChI=1S/C22H19F3N2O3/c23-22(24,25)11-15-6-8-17(9-7-15)27-12-18(29-14-20(27)28)13-30-19-5-1-3-16-4-2-10-26-21(16)19/h1-10,18H,11-14H2/t18-/m0/s1. The molecule has 4 rings (SSSR count). The lowest BCUT2D eigenvalue weighted by Gasteiger charge is -2.32. The van der Waals surface area contributed by atoms with Crippen LogP contribution in [0.15, 0.2) is 60.8 Å². The number of rotatable bonds is 5. The fourth-order valence-corrected chi connectivity index (χ4v) is 3.38. The smallest absolute Gasteiger partial charge is 0.393 e. The van der Waals surface area contributed by atoms with E-state index >= 15 is 0 Å². The second kappa shape index (κ2) is 8.31. The molecule has 0 unspecified atom stereocenters. The molecule has 8 heteroatoms. The van der Waals surface area contributed by atoms with Gasteiger partial charge in [-0.15, -0.1) is 0 Å². The maximum Gasteiger partial charge on any atom is 0.393 e. The molecule has 0 spiro atoms. The van der Waals surface area contributed by atoms with Crippen LogP contribution in [0, 0.1) is 0 Å². The van der Waals surface area contributed by atoms with Gasteiger partial charge in [0.2, 0.25) is 0 Å². The summed E-state index contributed by atoms with van der Waals surface area (Å²) in [6, 6.07) is 15.2. The predicted molar refractivity (Wildman–Crippen MR) is 106 cm³/mol. The second-order valence-corrected chi connectivity index (χ2v) is 7.04. The number of ether oxygens (including phenoxy) is 2. The number of nitrogens with zero attached hydrogens (tertiary/aromatic N) is 2. The van der Waals surface area contributed by atoms with Crippen molar-refractivity contribution in [2.45, 2.75) is 18.7 Å². The Kier molecular flexibility index (Phi) is 5.59. The average Bonchev–Trinajstić information content (AvgIpc) is 2.73. The molecular weight excluding hydrogens is 397 g/mol. The maximum absolute atomic E-state index is 12.5. The topological polar surface area (TPSA) is 51.7 Å². The van der Waals surface area contributed by atoms with Gasteiger partial charge in [0.05, 0.1) is 13.0 Å². The number of carbonyl (C=O) groups excluding carboxylic acids is 1. The van der Waals surface area contributed by atoms with Gasteiger partial charge in [-0.2, -0.15) is 13.2 Å². The van der Waals surface area contributed by atoms with E-state index in [0.29, 0.717) is 11.4 Å². The van der Waals surface area contributed by atoms with Crippen LogP contribution in [0.25, 0.3) is 10.9 Å². The van der Waals surface area contributed by atoms with Gasteiger partial charge in [-0.3, -0.25) is 9.78 Å². The molecule has 2 aromatic carbocycles. The van der Waals surface area contributed by atoms with Gasteiger partial charge in [0.1, 0.15) is 30.6 Å². The molecule has 0 radical (unpaired) electrons. The van der Waals surface area contributed by atoms with Gasteiger partial charge in [-0.05, 0) is 29.8 Å². The van der Waals surface area contributed by atoms with E-state index in [0.717, 1.165) is 10.9 Å². The summed E-state index contributed by atoms with van der Waals surface area (Å²) in [5, 5.41) is 0.954. The Morgan fingerprint density at radius 2 is 1.87 bits per heavy atom. The lowest BCUT2D eigenvalue weighted by molar-refractivity contribution is -0.130. The number of benzene rings is 2. The van der Waals surface area contributed by atoms with E-state index in [4.69, 9.17) is 9.47 Å². The van der Waals surface area contributed by atoms with Gasteiger partial charge in [0.25, 0.3) is 5.91 Å². The molecule has 0 saturated carbocycles. The number of anilines is 1. The highest BCUT2D eigenvalue weighted by Crippen LogP contribution is 2.26. The number of morpholine rings is 1. The molecule has 0 bridgehead atoms. The minimum Gasteiger partial charge on any atom is -0.489 e. The van der Waals surface area contributed by atoms with Gasteiger partial charge in [-0.1, -0.05) is 30.3 Å². The molecule has 2 heterocycles. The van der Waals surface area contributed by atoms with E-state index < -0.39 is 12.6 Å². The largest absolute Gasteiger partial charge is 0.489 e. The summed E-state index contributed by atoms with van der Waals surface area (Å²) in [5.41, 5.74) is 1.42. The fraction of sp³-hybridized carbons (Fsp3) is 0.273. The van der Waals surface area contributed by atoms with Crippen molar-refractivity contribution in [2.75, 3.05) is 24.7 Å². The van der Waals surface area contributed by atoms with Crippen molar-refractivity contribution in [3.05, 3.63) is 66.4 Å². The first kappa shape index (κ1) is 20.2. The first-order valence-corrected chi connectivity index (χ1v) is 9.43. The third-order valence-corrected chi connectivity index (χ3v) is 4.80. The Balaban J connectivity index is 1.42. The Morgan fingerprint density at radius 1 is 1.10 bits per heavy atom. The quantitative estimate of drug-likeness (QED) is 0.627. The molecule has 1 atom stereocenters. The number of halogens is 3. The molecule has 1 aliphatic heterocycles. The van der Waals surface area contributed by atoms with E-state index in [1.54, 1.807) is 6.20 Å². The van der Waals surface area contributed by atoms with E-state index in [2.05, 4.69) is 4.98 Å². The molecule has 0 N–H and O–H groups in total. The number of pyridine rings is 1. The summed E-state index contributed by atoms with van der Waals surface area (Å²) in [7, 11) is 0. The Hall–Kier alpha value is -3.13. The summed E-state index contributed by atoms with van der Waals surface area (Å²) in [6.45, 7) is 0.341. The van der Waals surface area contributed by atoms with Gasteiger partial charge >= 0.3 is 6.18 Å². The molecule has 5 nitrogen and oxygen atoms in total. The zero-order chi connectivity index (χ0) is 21.1. The van der Waals surface area contributed by atoms with Crippen LogP contribution in [0.1, 0.15) is 5.56 Å². The van der Waals surface area contributed by atoms with Crippen molar-refractivity contribution in [1.29, 1.82) is 0 Å². The van der Waals surface area contributed by atoms with Crippen molar-refractivity contribution >= 4 is 22.5 Å². The number of aromatic nitrogens is 1. The fourth-order valence-electron chi connectivity index (χ4n) is 3.38. The second-order valence-electron chi connectivity index (χ2n) is 7.04. The number of hydrogen-bond acceptors (Lipinski definition) is 4. The van der Waals surface area contributed by atoms with Crippen LogP contribution in [0.4, 0.5) is 18.9 Å². The molecule has 1 aliphatic rings. The average molecular weight is 416 g/mol. The summed E-state index contributed by atoms with van der Waals surface area (Å²) < 4.78 is 49.1. The molecule has 156 valence electrons. The zero-order valence-corrected chi connectivity index (χ0v) is 15.9. The normalized spacial score (nSPS) is 17.4. The van der Waals surface area contributed by atoms with Gasteiger partial charge < -0.3 is 14.4 Å². The van der Waals surface area contributed by atoms with E-state index in [-0.39, 0.29) is 37.3 Å². The van der Waals surface area contributed by atoms with Crippen LogP contribution < -0.4 is 9.64 Å². The van der Waals surface area contributed by atoms with Crippen LogP contribution >= 0.6 is 0 Å². The number of para-hydroxylation sites is 1. The van der Waals surface area contributed by atoms with Gasteiger partial charge in [-0.25, -0.2) is 0 Å². The predicted octanol–water partition coefficient (Wildman–Crippen LogP) is 4.15. The molecule has 0 aliphatic carbocycles. The van der Waals surface area contributed by atoms with Crippen LogP contribution in [0.2, 0.25) is 0 Å². The van der Waals surface area contributed by atoms with Crippen molar-refractivity contribution in [3.63, 3.8) is 0 Å². The van der Waals surface area contributed by atoms with Crippen molar-refractivity contribution in [1.82, 2.24) is 4.98 Å². The number of hydrogen-bond donors (Lipinski definition) is 0. The Morgan fingerprint density at radius 3 is 2.63 bits per heavy atom. The summed E-state index contributed by atoms with van der Waals surface area (Å²) in [5.74, 6) is 0.373. The number of fused-ring (bicyclic) bond motifs is 1. The third-order valence-electron chi connectivity index (χ3n) is 4.80. The lowest BCUT2D eigenvalue weighted by atomic mass is 10.1. The monoisotopic (exact) mass is 416 g/mol. The summed E-state index contributed by atoms with van der Waals surface area (Å²) in [6.07, 6.45) is -3.96. The van der Waals surface area contributed by atoms with E-state index in [1.165, 1.54) is 29.2 Å². The third kappa shape index (κ3) is 4.71. The zero-order valence-electron chi connectivity index (χ0n) is 15.9. The van der Waals surface area contributed by atoms with Gasteiger partial charge in [0.15, 0.2) is 0 Å². The minimum absolute atomic E-state index is 0.119. The number of alkyl halides is 3. The van der Waals surface area contributed by atoms with E-state index in [9.17, 15) is 18.0 Å². The molecule has 1 saturated heterocycles. The Bertz CT molecular complexity index is 1030. The van der Waals surface area contributed by atoms with Crippen LogP contribution in [-0.2, 0) is 16.0 Å². The first-order valence-electron chi connectivity index (χ1n) is 9.43. The van der Waals surface area contributed by atoms with E-state index in [1.807, 2.05) is 30.3 Å². The number of carbonyl (C=O) groups is 1. The highest BCUT2D eigenvalue weighted by atomic mass is 19.4. The summed E-state index contributed by atoms with van der Waals surface area (Å²) in [4.78, 5) is 18.1. The van der Waals surface area contributed by atoms with Crippen molar-refractivity contribution in [3.8, 4) is 5.75 Å². The first-order chi connectivity index (χ1) is 14.4. The van der Waals surface area contributed by atoms with Crippen molar-refractivity contribution < 1.29 is 27.4 Å². The highest BCUT2D eigenvalue weighted by molar-refractivity contribution is 5.95. The SMILES string of the molecule is O=C1CO[C@H](COc2cccc3cccnc23)CN1c1ccc(CC(F)(F)F)cc1. The molecule has 30 heavy (non-hydrogen) atoms. The molecule has 1 amide bonds. The lowest BCUT2D eigenvalue weighted by Crippen LogP contribution is -2.48. The molecule has 3 aromatic rings. The van der Waals surface area contributed by atoms with Gasteiger partial charge in [0, 0.05) is 17.3 Å². The highest BCUT2D eigenvalue weighted by Gasteiger charge is 2.30. The maximum atomic E-state index is 12.5. The molecule has 1 fully saturated rings. The molecular formula is C22H19F3N2O3. The summed E-state index contributed by atoms with van der Waals surface area (Å²) >= 11 is 0. The Labute approximate surface area is 171 Å². The van der Waals surface area contributed by atoms with Crippen molar-refractivity contribution in [2.24, 2.45) is 0 Å². The van der Waals surface area contributed by atoms with Crippen LogP contribution in [-0.4, -0.2) is 42.9 Å².